The molecule has 0 spiro atoms. The van der Waals surface area contributed by atoms with Gasteiger partial charge in [-0.25, -0.2) is 0 Å². The number of hydrogen-bond donors (Lipinski definition) is 0. The number of nitrogens with zero attached hydrogens (tertiary/aromatic N) is 3. The summed E-state index contributed by atoms with van der Waals surface area (Å²) >= 11 is 0. The summed E-state index contributed by atoms with van der Waals surface area (Å²) in [5.74, 6) is -0.877. The molecule has 0 bridgehead atoms. The van der Waals surface area contributed by atoms with Crippen LogP contribution in [-0.2, 0) is 9.59 Å². The number of amides is 1. The lowest BCUT2D eigenvalue weighted by Crippen LogP contribution is -2.43. The molecule has 2 aromatic rings. The van der Waals surface area contributed by atoms with E-state index in [1.54, 1.807) is 18.2 Å². The lowest BCUT2D eigenvalue weighted by Gasteiger charge is -2.42. The van der Waals surface area contributed by atoms with Gasteiger partial charge in [0, 0.05) is 54.3 Å². The van der Waals surface area contributed by atoms with E-state index in [0.29, 0.717) is 35.4 Å². The van der Waals surface area contributed by atoms with Crippen molar-refractivity contribution in [2.45, 2.75) is 39.0 Å². The minimum atomic E-state index is -0.525. The van der Waals surface area contributed by atoms with Gasteiger partial charge in [0.2, 0.25) is 5.91 Å². The lowest BCUT2D eigenvalue weighted by atomic mass is 9.69. The van der Waals surface area contributed by atoms with Gasteiger partial charge in [-0.15, -0.1) is 0 Å². The van der Waals surface area contributed by atoms with Crippen LogP contribution in [0.1, 0.15) is 44.6 Å². The fourth-order valence-electron chi connectivity index (χ4n) is 4.57. The molecule has 4 rings (SSSR count). The Morgan fingerprint density at radius 2 is 1.59 bits per heavy atom. The number of anilines is 1. The van der Waals surface area contributed by atoms with Gasteiger partial charge in [-0.2, -0.15) is 0 Å². The maximum atomic E-state index is 13.3. The second kappa shape index (κ2) is 7.67. The molecule has 0 fully saturated rings. The minimum Gasteiger partial charge on any atom is -0.294 e. The van der Waals surface area contributed by atoms with Crippen molar-refractivity contribution < 1.29 is 19.4 Å². The molecule has 9 nitrogen and oxygen atoms in total. The van der Waals surface area contributed by atoms with Crippen LogP contribution < -0.4 is 4.90 Å². The molecule has 9 heteroatoms. The molecule has 2 aliphatic rings. The third-order valence-electron chi connectivity index (χ3n) is 5.95. The van der Waals surface area contributed by atoms with Crippen LogP contribution in [0.25, 0.3) is 0 Å². The van der Waals surface area contributed by atoms with Gasteiger partial charge in [-0.05, 0) is 23.5 Å². The van der Waals surface area contributed by atoms with E-state index < -0.39 is 15.8 Å². The first kappa shape index (κ1) is 21.4. The second-order valence-corrected chi connectivity index (χ2v) is 8.91. The summed E-state index contributed by atoms with van der Waals surface area (Å²) in [5, 5.41) is 22.3. The molecule has 0 radical (unpaired) electrons. The van der Waals surface area contributed by atoms with Gasteiger partial charge in [-0.1, -0.05) is 32.0 Å². The number of carbonyl (C=O) groups excluding carboxylic acids is 2. The Kier molecular flexibility index (Phi) is 5.12. The fraction of sp³-hybridized carbons (Fsp3) is 0.304. The fourth-order valence-corrected chi connectivity index (χ4v) is 4.57. The van der Waals surface area contributed by atoms with Crippen LogP contribution in [-0.4, -0.2) is 21.5 Å². The highest BCUT2D eigenvalue weighted by molar-refractivity contribution is 6.07. The topological polar surface area (TPSA) is 124 Å². The van der Waals surface area contributed by atoms with Gasteiger partial charge in [0.1, 0.15) is 0 Å². The van der Waals surface area contributed by atoms with Crippen molar-refractivity contribution in [2.75, 3.05) is 4.90 Å². The number of Topliss-reactive ketones (excluding diaryl/α,β-unsaturated/α-hetero) is 1. The highest BCUT2D eigenvalue weighted by Crippen LogP contribution is 2.48. The summed E-state index contributed by atoms with van der Waals surface area (Å²) in [6.07, 6.45) is 0.754. The molecule has 164 valence electrons. The highest BCUT2D eigenvalue weighted by Gasteiger charge is 2.44. The molecule has 1 unspecified atom stereocenters. The number of rotatable bonds is 4. The number of nitro benzene ring substituents is 2. The Morgan fingerprint density at radius 1 is 0.938 bits per heavy atom. The summed E-state index contributed by atoms with van der Waals surface area (Å²) in [4.78, 5) is 49.2. The molecule has 1 aliphatic heterocycles. The van der Waals surface area contributed by atoms with E-state index >= 15 is 0 Å². The minimum absolute atomic E-state index is 0.00843. The molecule has 32 heavy (non-hydrogen) atoms. The van der Waals surface area contributed by atoms with Crippen molar-refractivity contribution in [3.63, 3.8) is 0 Å². The van der Waals surface area contributed by atoms with Crippen LogP contribution in [0, 0.1) is 25.6 Å². The van der Waals surface area contributed by atoms with Crippen LogP contribution in [0.5, 0.6) is 0 Å². The third-order valence-corrected chi connectivity index (χ3v) is 5.95. The zero-order chi connectivity index (χ0) is 23.2. The van der Waals surface area contributed by atoms with Crippen molar-refractivity contribution >= 4 is 28.8 Å². The first-order chi connectivity index (χ1) is 15.1. The van der Waals surface area contributed by atoms with Crippen molar-refractivity contribution in [2.24, 2.45) is 5.41 Å². The van der Waals surface area contributed by atoms with E-state index in [1.165, 1.54) is 35.2 Å². The predicted octanol–water partition coefficient (Wildman–Crippen LogP) is 4.67. The van der Waals surface area contributed by atoms with Gasteiger partial charge in [-0.3, -0.25) is 34.7 Å². The number of allylic oxidation sites excluding steroid dienone is 2. The summed E-state index contributed by atoms with van der Waals surface area (Å²) in [6, 6.07) is 11.7. The van der Waals surface area contributed by atoms with Gasteiger partial charge in [0.05, 0.1) is 15.5 Å². The van der Waals surface area contributed by atoms with Gasteiger partial charge in [0.25, 0.3) is 11.4 Å². The molecule has 1 atom stereocenters. The van der Waals surface area contributed by atoms with E-state index in [-0.39, 0.29) is 34.9 Å². The molecule has 0 saturated carbocycles. The number of benzene rings is 2. The first-order valence-electron chi connectivity index (χ1n) is 10.2. The van der Waals surface area contributed by atoms with E-state index in [2.05, 4.69) is 0 Å². The Labute approximate surface area is 183 Å². The summed E-state index contributed by atoms with van der Waals surface area (Å²) in [7, 11) is 0. The van der Waals surface area contributed by atoms with E-state index in [0.717, 1.165) is 0 Å². The molecule has 1 heterocycles. The zero-order valence-corrected chi connectivity index (χ0v) is 17.6. The predicted molar refractivity (Wildman–Crippen MR) is 116 cm³/mol. The first-order valence-corrected chi connectivity index (χ1v) is 10.2. The Morgan fingerprint density at radius 3 is 2.22 bits per heavy atom. The molecule has 0 aromatic heterocycles. The van der Waals surface area contributed by atoms with Crippen molar-refractivity contribution in [3.8, 4) is 0 Å². The summed E-state index contributed by atoms with van der Waals surface area (Å²) in [6.45, 7) is 3.89. The number of non-ortho nitro benzene ring substituents is 2. The molecule has 1 amide bonds. The van der Waals surface area contributed by atoms with E-state index in [1.807, 2.05) is 13.8 Å². The van der Waals surface area contributed by atoms with Crippen LogP contribution in [0.3, 0.4) is 0 Å². The van der Waals surface area contributed by atoms with Gasteiger partial charge >= 0.3 is 0 Å². The van der Waals surface area contributed by atoms with Crippen molar-refractivity contribution in [1.82, 2.24) is 0 Å². The number of carbonyl (C=O) groups is 2. The van der Waals surface area contributed by atoms with Crippen LogP contribution in [0.4, 0.5) is 17.1 Å². The molecule has 1 aliphatic carbocycles. The number of hydrogen-bond acceptors (Lipinski definition) is 6. The summed E-state index contributed by atoms with van der Waals surface area (Å²) < 4.78 is 0. The van der Waals surface area contributed by atoms with Crippen LogP contribution in [0.2, 0.25) is 0 Å². The third kappa shape index (κ3) is 3.77. The number of nitro groups is 2. The average molecular weight is 435 g/mol. The largest absolute Gasteiger partial charge is 0.294 e. The average Bonchev–Trinajstić information content (AvgIpc) is 2.72. The van der Waals surface area contributed by atoms with Crippen LogP contribution >= 0.6 is 0 Å². The van der Waals surface area contributed by atoms with Crippen molar-refractivity contribution in [1.29, 1.82) is 0 Å². The normalized spacial score (nSPS) is 20.2. The summed E-state index contributed by atoms with van der Waals surface area (Å²) in [5.41, 5.74) is 1.46. The lowest BCUT2D eigenvalue weighted by molar-refractivity contribution is -0.385. The monoisotopic (exact) mass is 435 g/mol. The molecular formula is C23H21N3O6. The van der Waals surface area contributed by atoms with Crippen molar-refractivity contribution in [3.05, 3.63) is 85.6 Å². The Bertz CT molecular complexity index is 1180. The quantitative estimate of drug-likeness (QED) is 0.508. The van der Waals surface area contributed by atoms with Gasteiger partial charge < -0.3 is 0 Å². The smallest absolute Gasteiger partial charge is 0.271 e. The maximum Gasteiger partial charge on any atom is 0.271 e. The van der Waals surface area contributed by atoms with E-state index in [9.17, 15) is 29.8 Å². The second-order valence-electron chi connectivity index (χ2n) is 8.91. The Hall–Kier alpha value is -3.88. The molecular weight excluding hydrogens is 414 g/mol. The molecule has 0 N–H and O–H groups in total. The zero-order valence-electron chi connectivity index (χ0n) is 17.6. The standard InChI is InChI=1S/C23H21N3O6/c1-23(2)12-19-22(20(27)13-23)18(14-6-8-15(9-7-14)25(29)30)11-21(28)24(19)16-4-3-5-17(10-16)26(31)32/h3-10,18H,11-13H2,1-2H3. The maximum absolute atomic E-state index is 13.3. The SMILES string of the molecule is CC1(C)CC(=O)C2=C(C1)N(c1cccc([N+](=O)[O-])c1)C(=O)CC2c1ccc([N+](=O)[O-])cc1. The van der Waals surface area contributed by atoms with E-state index in [4.69, 9.17) is 0 Å². The molecule has 0 saturated heterocycles. The Balaban J connectivity index is 1.87. The van der Waals surface area contributed by atoms with Crippen LogP contribution in [0.15, 0.2) is 59.8 Å². The highest BCUT2D eigenvalue weighted by atomic mass is 16.6. The molecule has 2 aromatic carbocycles. The number of ketones is 1. The van der Waals surface area contributed by atoms with Gasteiger partial charge in [0.15, 0.2) is 5.78 Å².